The lowest BCUT2D eigenvalue weighted by molar-refractivity contribution is -0.137. The van der Waals surface area contributed by atoms with Crippen molar-refractivity contribution in [3.63, 3.8) is 0 Å². The number of benzene rings is 1. The molecule has 2 rings (SSSR count). The molecule has 94 valence electrons. The Morgan fingerprint density at radius 2 is 2.17 bits per heavy atom. The van der Waals surface area contributed by atoms with E-state index in [0.29, 0.717) is 23.1 Å². The number of aliphatic carboxylic acids is 1. The first kappa shape index (κ1) is 12.6. The van der Waals surface area contributed by atoms with Crippen molar-refractivity contribution >= 4 is 17.6 Å². The Bertz CT molecular complexity index is 580. The molecule has 0 atom stereocenters. The third-order valence-corrected chi connectivity index (χ3v) is 2.86. The van der Waals surface area contributed by atoms with E-state index in [9.17, 15) is 4.79 Å². The van der Waals surface area contributed by atoms with Gasteiger partial charge in [-0.15, -0.1) is 0 Å². The lowest BCUT2D eigenvalue weighted by Crippen LogP contribution is -2.03. The van der Waals surface area contributed by atoms with Crippen LogP contribution >= 0.6 is 11.6 Å². The molecular formula is C12H12ClN3O2. The first-order chi connectivity index (χ1) is 8.58. The Kier molecular flexibility index (Phi) is 3.62. The largest absolute Gasteiger partial charge is 0.481 e. The fraction of sp³-hybridized carbons (Fsp3) is 0.250. The summed E-state index contributed by atoms with van der Waals surface area (Å²) in [5.74, 6) is 0.299. The van der Waals surface area contributed by atoms with Gasteiger partial charge < -0.3 is 5.11 Å². The van der Waals surface area contributed by atoms with Gasteiger partial charge in [0, 0.05) is 19.0 Å². The second kappa shape index (κ2) is 5.18. The number of carboxylic acid groups (broad SMARTS) is 1. The van der Waals surface area contributed by atoms with E-state index in [1.54, 1.807) is 17.8 Å². The maximum atomic E-state index is 10.5. The fourth-order valence-corrected chi connectivity index (χ4v) is 1.83. The molecule has 1 heterocycles. The number of hydrogen-bond donors (Lipinski definition) is 1. The summed E-state index contributed by atoms with van der Waals surface area (Å²) in [5.41, 5.74) is 0.747. The molecule has 0 fully saturated rings. The lowest BCUT2D eigenvalue weighted by atomic mass is 10.2. The molecule has 2 aromatic rings. The van der Waals surface area contributed by atoms with Gasteiger partial charge in [0.15, 0.2) is 5.82 Å². The van der Waals surface area contributed by atoms with Crippen LogP contribution in [0.4, 0.5) is 0 Å². The van der Waals surface area contributed by atoms with Crippen molar-refractivity contribution < 1.29 is 9.90 Å². The number of carboxylic acids is 1. The lowest BCUT2D eigenvalue weighted by Gasteiger charge is -1.96. The number of aromatic nitrogens is 3. The molecule has 18 heavy (non-hydrogen) atoms. The Balaban J connectivity index is 2.29. The van der Waals surface area contributed by atoms with Gasteiger partial charge in [-0.2, -0.15) is 5.10 Å². The van der Waals surface area contributed by atoms with Crippen LogP contribution in [0.1, 0.15) is 12.2 Å². The van der Waals surface area contributed by atoms with Crippen molar-refractivity contribution in [3.8, 4) is 11.4 Å². The minimum atomic E-state index is -0.850. The van der Waals surface area contributed by atoms with E-state index in [2.05, 4.69) is 10.1 Å². The SMILES string of the molecule is Cn1nc(-c2ccccc2Cl)nc1CCC(=O)O. The van der Waals surface area contributed by atoms with E-state index in [4.69, 9.17) is 16.7 Å². The Hall–Kier alpha value is -1.88. The first-order valence-electron chi connectivity index (χ1n) is 5.44. The molecule has 0 saturated carbocycles. The molecule has 0 radical (unpaired) electrons. The Labute approximate surface area is 109 Å². The van der Waals surface area contributed by atoms with Crippen molar-refractivity contribution in [1.29, 1.82) is 0 Å². The van der Waals surface area contributed by atoms with Crippen LogP contribution in [0.5, 0.6) is 0 Å². The van der Waals surface area contributed by atoms with Crippen molar-refractivity contribution in [1.82, 2.24) is 14.8 Å². The van der Waals surface area contributed by atoms with Crippen LogP contribution in [0.25, 0.3) is 11.4 Å². The molecule has 0 aliphatic heterocycles. The van der Waals surface area contributed by atoms with Crippen LogP contribution in [0.15, 0.2) is 24.3 Å². The fourth-order valence-electron chi connectivity index (χ4n) is 1.61. The molecule has 6 heteroatoms. The zero-order valence-corrected chi connectivity index (χ0v) is 10.6. The van der Waals surface area contributed by atoms with Crippen molar-refractivity contribution in [2.45, 2.75) is 12.8 Å². The summed E-state index contributed by atoms with van der Waals surface area (Å²) < 4.78 is 1.58. The molecule has 0 spiro atoms. The van der Waals surface area contributed by atoms with Crippen molar-refractivity contribution in [2.24, 2.45) is 7.05 Å². The van der Waals surface area contributed by atoms with Crippen LogP contribution in [0, 0.1) is 0 Å². The highest BCUT2D eigenvalue weighted by Gasteiger charge is 2.12. The van der Waals surface area contributed by atoms with Gasteiger partial charge in [0.1, 0.15) is 5.82 Å². The molecule has 0 unspecified atom stereocenters. The van der Waals surface area contributed by atoms with Crippen LogP contribution in [-0.2, 0) is 18.3 Å². The molecule has 0 aliphatic carbocycles. The van der Waals surface area contributed by atoms with E-state index < -0.39 is 5.97 Å². The molecule has 1 aromatic carbocycles. The number of rotatable bonds is 4. The molecule has 0 bridgehead atoms. The van der Waals surface area contributed by atoms with Crippen LogP contribution in [0.3, 0.4) is 0 Å². The van der Waals surface area contributed by atoms with Gasteiger partial charge in [-0.05, 0) is 12.1 Å². The van der Waals surface area contributed by atoms with Crippen LogP contribution in [0.2, 0.25) is 5.02 Å². The number of aryl methyl sites for hydroxylation is 2. The van der Waals surface area contributed by atoms with Crippen LogP contribution < -0.4 is 0 Å². The van der Waals surface area contributed by atoms with Gasteiger partial charge in [0.05, 0.1) is 11.4 Å². The summed E-state index contributed by atoms with van der Waals surface area (Å²) in [6, 6.07) is 7.29. The van der Waals surface area contributed by atoms with E-state index >= 15 is 0 Å². The minimum Gasteiger partial charge on any atom is -0.481 e. The second-order valence-electron chi connectivity index (χ2n) is 3.85. The summed E-state index contributed by atoms with van der Waals surface area (Å²) in [6.45, 7) is 0. The van der Waals surface area contributed by atoms with Crippen LogP contribution in [-0.4, -0.2) is 25.8 Å². The average Bonchev–Trinajstić information content (AvgIpc) is 2.68. The predicted molar refractivity (Wildman–Crippen MR) is 67.4 cm³/mol. The molecule has 5 nitrogen and oxygen atoms in total. The number of nitrogens with zero attached hydrogens (tertiary/aromatic N) is 3. The number of carbonyl (C=O) groups is 1. The van der Waals surface area contributed by atoms with Gasteiger partial charge in [0.2, 0.25) is 0 Å². The van der Waals surface area contributed by atoms with Gasteiger partial charge >= 0.3 is 5.97 Å². The molecule has 1 N–H and O–H groups in total. The number of halogens is 1. The van der Waals surface area contributed by atoms with Gasteiger partial charge in [-0.1, -0.05) is 23.7 Å². The molecule has 1 aromatic heterocycles. The summed E-state index contributed by atoms with van der Waals surface area (Å²) >= 11 is 6.06. The second-order valence-corrected chi connectivity index (χ2v) is 4.26. The maximum absolute atomic E-state index is 10.5. The normalized spacial score (nSPS) is 10.6. The Morgan fingerprint density at radius 3 is 2.83 bits per heavy atom. The predicted octanol–water partition coefficient (Wildman–Crippen LogP) is 2.15. The highest BCUT2D eigenvalue weighted by Crippen LogP contribution is 2.24. The smallest absolute Gasteiger partial charge is 0.303 e. The Morgan fingerprint density at radius 1 is 1.44 bits per heavy atom. The summed E-state index contributed by atoms with van der Waals surface area (Å²) in [4.78, 5) is 14.9. The van der Waals surface area contributed by atoms with Gasteiger partial charge in [-0.25, -0.2) is 4.98 Å². The third kappa shape index (κ3) is 2.68. The maximum Gasteiger partial charge on any atom is 0.303 e. The monoisotopic (exact) mass is 265 g/mol. The van der Waals surface area contributed by atoms with Crippen molar-refractivity contribution in [3.05, 3.63) is 35.1 Å². The van der Waals surface area contributed by atoms with E-state index in [1.807, 2.05) is 18.2 Å². The summed E-state index contributed by atoms with van der Waals surface area (Å²) in [6.07, 6.45) is 0.387. The zero-order valence-electron chi connectivity index (χ0n) is 9.80. The highest BCUT2D eigenvalue weighted by molar-refractivity contribution is 6.33. The standard InChI is InChI=1S/C12H12ClN3O2/c1-16-10(6-7-11(17)18)14-12(15-16)8-4-2-3-5-9(8)13/h2-5H,6-7H2,1H3,(H,17,18). The van der Waals surface area contributed by atoms with Gasteiger partial charge in [-0.3, -0.25) is 9.48 Å². The third-order valence-electron chi connectivity index (χ3n) is 2.53. The topological polar surface area (TPSA) is 68.0 Å². The molecule has 0 aliphatic rings. The summed E-state index contributed by atoms with van der Waals surface area (Å²) in [7, 11) is 1.74. The first-order valence-corrected chi connectivity index (χ1v) is 5.82. The van der Waals surface area contributed by atoms with E-state index in [0.717, 1.165) is 5.56 Å². The molecular weight excluding hydrogens is 254 g/mol. The number of hydrogen-bond acceptors (Lipinski definition) is 3. The minimum absolute atomic E-state index is 0.0362. The zero-order chi connectivity index (χ0) is 13.1. The average molecular weight is 266 g/mol. The quantitative estimate of drug-likeness (QED) is 0.920. The molecule has 0 saturated heterocycles. The van der Waals surface area contributed by atoms with Gasteiger partial charge in [0.25, 0.3) is 0 Å². The highest BCUT2D eigenvalue weighted by atomic mass is 35.5. The van der Waals surface area contributed by atoms with Crippen molar-refractivity contribution in [2.75, 3.05) is 0 Å². The molecule has 0 amide bonds. The summed E-state index contributed by atoms with van der Waals surface area (Å²) in [5, 5.41) is 13.5. The van der Waals surface area contributed by atoms with E-state index in [-0.39, 0.29) is 6.42 Å². The van der Waals surface area contributed by atoms with E-state index in [1.165, 1.54) is 0 Å².